The fraction of sp³-hybridized carbons (Fsp3) is 0.294. The number of halogens is 3. The highest BCUT2D eigenvalue weighted by atomic mass is 19.4. The summed E-state index contributed by atoms with van der Waals surface area (Å²) >= 11 is 0. The average molecular weight is 293 g/mol. The Hall–Kier alpha value is -1.97. The lowest BCUT2D eigenvalue weighted by atomic mass is 10.0. The highest BCUT2D eigenvalue weighted by Gasteiger charge is 2.30. The van der Waals surface area contributed by atoms with Crippen molar-refractivity contribution in [1.82, 2.24) is 0 Å². The van der Waals surface area contributed by atoms with E-state index in [1.54, 1.807) is 6.92 Å². The van der Waals surface area contributed by atoms with Gasteiger partial charge < -0.3 is 5.32 Å². The van der Waals surface area contributed by atoms with E-state index in [0.29, 0.717) is 12.2 Å². The summed E-state index contributed by atoms with van der Waals surface area (Å²) in [5, 5.41) is 3.10. The van der Waals surface area contributed by atoms with Crippen LogP contribution in [0.2, 0.25) is 0 Å². The number of nitrogens with one attached hydrogen (secondary N) is 1. The van der Waals surface area contributed by atoms with Crippen LogP contribution >= 0.6 is 0 Å². The minimum Gasteiger partial charge on any atom is -0.381 e. The largest absolute Gasteiger partial charge is 0.416 e. The van der Waals surface area contributed by atoms with Crippen LogP contribution in [0.3, 0.4) is 0 Å². The van der Waals surface area contributed by atoms with E-state index in [-0.39, 0.29) is 0 Å². The molecule has 0 amide bonds. The Morgan fingerprint density at radius 1 is 0.905 bits per heavy atom. The maximum absolute atomic E-state index is 12.7. The second-order valence-corrected chi connectivity index (χ2v) is 5.31. The molecule has 0 unspecified atom stereocenters. The molecule has 2 aromatic rings. The summed E-state index contributed by atoms with van der Waals surface area (Å²) < 4.78 is 38.2. The normalized spacial score (nSPS) is 11.5. The third-order valence-corrected chi connectivity index (χ3v) is 3.53. The average Bonchev–Trinajstić information content (AvgIpc) is 2.38. The lowest BCUT2D eigenvalue weighted by Gasteiger charge is -2.14. The van der Waals surface area contributed by atoms with E-state index in [4.69, 9.17) is 0 Å². The standard InChI is InChI=1S/C17H18F3N/c1-11-4-6-14(13(3)8-11)10-21-16-9-15(17(18,19)20)7-5-12(16)2/h4-9,21H,10H2,1-3H3. The van der Waals surface area contributed by atoms with Gasteiger partial charge in [0.2, 0.25) is 0 Å². The van der Waals surface area contributed by atoms with Crippen molar-refractivity contribution in [3.8, 4) is 0 Å². The first-order valence-electron chi connectivity index (χ1n) is 6.75. The Bertz CT molecular complexity index is 645. The molecule has 0 heterocycles. The topological polar surface area (TPSA) is 12.0 Å². The molecular weight excluding hydrogens is 275 g/mol. The molecule has 0 aliphatic rings. The Labute approximate surface area is 122 Å². The molecule has 0 aliphatic heterocycles. The molecule has 1 N–H and O–H groups in total. The summed E-state index contributed by atoms with van der Waals surface area (Å²) in [5.41, 5.74) is 4.07. The Balaban J connectivity index is 2.19. The van der Waals surface area contributed by atoms with Gasteiger partial charge in [0.1, 0.15) is 0 Å². The van der Waals surface area contributed by atoms with Gasteiger partial charge >= 0.3 is 6.18 Å². The molecular formula is C17H18F3N. The van der Waals surface area contributed by atoms with Gasteiger partial charge in [0.25, 0.3) is 0 Å². The Morgan fingerprint density at radius 2 is 1.62 bits per heavy atom. The van der Waals surface area contributed by atoms with Gasteiger partial charge in [-0.3, -0.25) is 0 Å². The second kappa shape index (κ2) is 5.80. The monoisotopic (exact) mass is 293 g/mol. The Kier molecular flexibility index (Phi) is 4.26. The third kappa shape index (κ3) is 3.78. The number of alkyl halides is 3. The summed E-state index contributed by atoms with van der Waals surface area (Å²) in [4.78, 5) is 0. The molecule has 4 heteroatoms. The first-order chi connectivity index (χ1) is 9.77. The molecule has 0 saturated heterocycles. The van der Waals surface area contributed by atoms with Gasteiger partial charge in [0, 0.05) is 12.2 Å². The maximum Gasteiger partial charge on any atom is 0.416 e. The zero-order valence-electron chi connectivity index (χ0n) is 12.3. The molecule has 1 nitrogen and oxygen atoms in total. The van der Waals surface area contributed by atoms with Crippen LogP contribution in [0.25, 0.3) is 0 Å². The molecule has 2 aromatic carbocycles. The van der Waals surface area contributed by atoms with Crippen LogP contribution in [-0.4, -0.2) is 0 Å². The van der Waals surface area contributed by atoms with E-state index in [1.807, 2.05) is 26.0 Å². The number of anilines is 1. The van der Waals surface area contributed by atoms with Crippen LogP contribution in [0.15, 0.2) is 36.4 Å². The van der Waals surface area contributed by atoms with E-state index in [2.05, 4.69) is 11.4 Å². The third-order valence-electron chi connectivity index (χ3n) is 3.53. The van der Waals surface area contributed by atoms with Crippen molar-refractivity contribution in [1.29, 1.82) is 0 Å². The lowest BCUT2D eigenvalue weighted by Crippen LogP contribution is -2.08. The Morgan fingerprint density at radius 3 is 2.24 bits per heavy atom. The van der Waals surface area contributed by atoms with E-state index in [9.17, 15) is 13.2 Å². The number of hydrogen-bond donors (Lipinski definition) is 1. The smallest absolute Gasteiger partial charge is 0.381 e. The summed E-state index contributed by atoms with van der Waals surface area (Å²) in [7, 11) is 0. The molecule has 0 aromatic heterocycles. The molecule has 0 aliphatic carbocycles. The number of benzene rings is 2. The van der Waals surface area contributed by atoms with Gasteiger partial charge in [-0.05, 0) is 49.6 Å². The molecule has 0 spiro atoms. The number of rotatable bonds is 3. The molecule has 0 bridgehead atoms. The zero-order chi connectivity index (χ0) is 15.6. The van der Waals surface area contributed by atoms with Gasteiger partial charge in [-0.1, -0.05) is 29.8 Å². The predicted octanol–water partition coefficient (Wildman–Crippen LogP) is 5.24. The van der Waals surface area contributed by atoms with Crippen LogP contribution in [0.1, 0.15) is 27.8 Å². The highest BCUT2D eigenvalue weighted by molar-refractivity contribution is 5.53. The van der Waals surface area contributed by atoms with Gasteiger partial charge in [-0.25, -0.2) is 0 Å². The zero-order valence-corrected chi connectivity index (χ0v) is 12.3. The summed E-state index contributed by atoms with van der Waals surface area (Å²) in [6.07, 6.45) is -4.32. The number of hydrogen-bond acceptors (Lipinski definition) is 1. The molecule has 0 fully saturated rings. The quantitative estimate of drug-likeness (QED) is 0.815. The van der Waals surface area contributed by atoms with Gasteiger partial charge in [0.15, 0.2) is 0 Å². The summed E-state index contributed by atoms with van der Waals surface area (Å²) in [6, 6.07) is 9.84. The van der Waals surface area contributed by atoms with Crippen molar-refractivity contribution in [3.63, 3.8) is 0 Å². The van der Waals surface area contributed by atoms with Crippen molar-refractivity contribution in [2.45, 2.75) is 33.5 Å². The first kappa shape index (κ1) is 15.4. The lowest BCUT2D eigenvalue weighted by molar-refractivity contribution is -0.137. The van der Waals surface area contributed by atoms with Crippen LogP contribution in [0, 0.1) is 20.8 Å². The van der Waals surface area contributed by atoms with Crippen LogP contribution < -0.4 is 5.32 Å². The highest BCUT2D eigenvalue weighted by Crippen LogP contribution is 2.32. The van der Waals surface area contributed by atoms with Crippen molar-refractivity contribution in [2.24, 2.45) is 0 Å². The molecule has 112 valence electrons. The van der Waals surface area contributed by atoms with Crippen molar-refractivity contribution in [3.05, 3.63) is 64.2 Å². The molecule has 2 rings (SSSR count). The first-order valence-corrected chi connectivity index (χ1v) is 6.75. The molecule has 0 saturated carbocycles. The van der Waals surface area contributed by atoms with Crippen LogP contribution in [0.4, 0.5) is 18.9 Å². The van der Waals surface area contributed by atoms with Crippen molar-refractivity contribution >= 4 is 5.69 Å². The summed E-state index contributed by atoms with van der Waals surface area (Å²) in [5.74, 6) is 0. The molecule has 21 heavy (non-hydrogen) atoms. The number of aryl methyl sites for hydroxylation is 3. The van der Waals surface area contributed by atoms with Crippen molar-refractivity contribution in [2.75, 3.05) is 5.32 Å². The van der Waals surface area contributed by atoms with E-state index in [1.165, 1.54) is 17.7 Å². The van der Waals surface area contributed by atoms with Crippen molar-refractivity contribution < 1.29 is 13.2 Å². The second-order valence-electron chi connectivity index (χ2n) is 5.31. The minimum absolute atomic E-state index is 0.508. The summed E-state index contributed by atoms with van der Waals surface area (Å²) in [6.45, 7) is 6.32. The van der Waals surface area contributed by atoms with Gasteiger partial charge in [-0.15, -0.1) is 0 Å². The van der Waals surface area contributed by atoms with Crippen LogP contribution in [0.5, 0.6) is 0 Å². The predicted molar refractivity (Wildman–Crippen MR) is 79.4 cm³/mol. The molecule has 0 radical (unpaired) electrons. The van der Waals surface area contributed by atoms with Crippen LogP contribution in [-0.2, 0) is 12.7 Å². The maximum atomic E-state index is 12.7. The fourth-order valence-electron chi connectivity index (χ4n) is 2.22. The molecule has 0 atom stereocenters. The SMILES string of the molecule is Cc1ccc(CNc2cc(C(F)(F)F)ccc2C)c(C)c1. The fourth-order valence-corrected chi connectivity index (χ4v) is 2.22. The minimum atomic E-state index is -4.32. The van der Waals surface area contributed by atoms with Gasteiger partial charge in [-0.2, -0.15) is 13.2 Å². The van der Waals surface area contributed by atoms with E-state index >= 15 is 0 Å². The van der Waals surface area contributed by atoms with E-state index in [0.717, 1.165) is 22.8 Å². The van der Waals surface area contributed by atoms with Gasteiger partial charge in [0.05, 0.1) is 5.56 Å². The van der Waals surface area contributed by atoms with E-state index < -0.39 is 11.7 Å².